The summed E-state index contributed by atoms with van der Waals surface area (Å²) in [6, 6.07) is 10.9. The molecule has 102 valence electrons. The Kier molecular flexibility index (Phi) is 3.56. The molecule has 2 bridgehead atoms. The molecular formula is C16H21NO2. The van der Waals surface area contributed by atoms with Crippen LogP contribution in [0.5, 0.6) is 0 Å². The van der Waals surface area contributed by atoms with Crippen molar-refractivity contribution >= 4 is 5.97 Å². The van der Waals surface area contributed by atoms with Gasteiger partial charge < -0.3 is 5.11 Å². The SMILES string of the molecule is O=C(O)CC1C2CCN(CC2)C1Cc1ccccc1. The van der Waals surface area contributed by atoms with Crippen molar-refractivity contribution in [2.75, 3.05) is 13.1 Å². The molecule has 0 amide bonds. The third-order valence-corrected chi connectivity index (χ3v) is 4.84. The predicted octanol–water partition coefficient (Wildman–Crippen LogP) is 2.41. The fraction of sp³-hybridized carbons (Fsp3) is 0.562. The van der Waals surface area contributed by atoms with Gasteiger partial charge in [0, 0.05) is 12.5 Å². The molecule has 0 radical (unpaired) electrons. The van der Waals surface area contributed by atoms with E-state index < -0.39 is 5.97 Å². The summed E-state index contributed by atoms with van der Waals surface area (Å²) in [7, 11) is 0. The minimum atomic E-state index is -0.642. The van der Waals surface area contributed by atoms with Crippen LogP contribution in [0.1, 0.15) is 24.8 Å². The smallest absolute Gasteiger partial charge is 0.303 e. The van der Waals surface area contributed by atoms with Crippen molar-refractivity contribution in [3.8, 4) is 0 Å². The molecule has 3 saturated heterocycles. The Morgan fingerprint density at radius 1 is 1.21 bits per heavy atom. The molecule has 0 aliphatic carbocycles. The molecule has 19 heavy (non-hydrogen) atoms. The Morgan fingerprint density at radius 3 is 2.53 bits per heavy atom. The van der Waals surface area contributed by atoms with Crippen LogP contribution in [0.4, 0.5) is 0 Å². The summed E-state index contributed by atoms with van der Waals surface area (Å²) in [6.07, 6.45) is 3.69. The lowest BCUT2D eigenvalue weighted by atomic mass is 9.71. The largest absolute Gasteiger partial charge is 0.481 e. The maximum absolute atomic E-state index is 11.1. The van der Waals surface area contributed by atoms with Gasteiger partial charge in [-0.2, -0.15) is 0 Å². The van der Waals surface area contributed by atoms with Gasteiger partial charge in [-0.25, -0.2) is 0 Å². The van der Waals surface area contributed by atoms with Crippen LogP contribution in [0.15, 0.2) is 30.3 Å². The minimum Gasteiger partial charge on any atom is -0.481 e. The van der Waals surface area contributed by atoms with Gasteiger partial charge in [0.25, 0.3) is 0 Å². The summed E-state index contributed by atoms with van der Waals surface area (Å²) in [6.45, 7) is 2.30. The van der Waals surface area contributed by atoms with Crippen molar-refractivity contribution in [2.45, 2.75) is 31.7 Å². The normalized spacial score (nSPS) is 33.3. The highest BCUT2D eigenvalue weighted by atomic mass is 16.4. The second-order valence-corrected chi connectivity index (χ2v) is 5.89. The van der Waals surface area contributed by atoms with Crippen molar-refractivity contribution in [2.24, 2.45) is 11.8 Å². The summed E-state index contributed by atoms with van der Waals surface area (Å²) in [5.74, 6) is 0.312. The molecule has 3 aliphatic rings. The number of nitrogens with zero attached hydrogens (tertiary/aromatic N) is 1. The van der Waals surface area contributed by atoms with Crippen molar-refractivity contribution < 1.29 is 9.90 Å². The van der Waals surface area contributed by atoms with Crippen LogP contribution in [0, 0.1) is 11.8 Å². The van der Waals surface area contributed by atoms with E-state index in [1.54, 1.807) is 0 Å². The standard InChI is InChI=1S/C16H21NO2/c18-16(19)11-14-13-6-8-17(9-7-13)15(14)10-12-4-2-1-3-5-12/h1-5,13-15H,6-11H2,(H,18,19). The number of benzene rings is 1. The lowest BCUT2D eigenvalue weighted by Crippen LogP contribution is -2.56. The Balaban J connectivity index is 1.78. The molecule has 1 aromatic rings. The second-order valence-electron chi connectivity index (χ2n) is 5.89. The second kappa shape index (κ2) is 5.33. The van der Waals surface area contributed by atoms with Crippen LogP contribution >= 0.6 is 0 Å². The van der Waals surface area contributed by atoms with Gasteiger partial charge in [0.15, 0.2) is 0 Å². The Bertz CT molecular complexity index is 437. The van der Waals surface area contributed by atoms with Crippen LogP contribution in [-0.4, -0.2) is 35.1 Å². The van der Waals surface area contributed by atoms with Crippen LogP contribution < -0.4 is 0 Å². The molecule has 3 heterocycles. The zero-order valence-corrected chi connectivity index (χ0v) is 11.2. The highest BCUT2D eigenvalue weighted by Gasteiger charge is 2.42. The molecule has 1 aromatic carbocycles. The zero-order valence-electron chi connectivity index (χ0n) is 11.2. The monoisotopic (exact) mass is 259 g/mol. The fourth-order valence-corrected chi connectivity index (χ4v) is 3.90. The first-order chi connectivity index (χ1) is 9.24. The van der Waals surface area contributed by atoms with Gasteiger partial charge in [-0.05, 0) is 49.8 Å². The molecule has 3 aliphatic heterocycles. The number of rotatable bonds is 4. The molecular weight excluding hydrogens is 238 g/mol. The van der Waals surface area contributed by atoms with E-state index in [9.17, 15) is 4.79 Å². The molecule has 3 fully saturated rings. The lowest BCUT2D eigenvalue weighted by Gasteiger charge is -2.51. The molecule has 3 nitrogen and oxygen atoms in total. The first-order valence-electron chi connectivity index (χ1n) is 7.24. The topological polar surface area (TPSA) is 40.5 Å². The molecule has 4 rings (SSSR count). The highest BCUT2D eigenvalue weighted by Crippen LogP contribution is 2.40. The first kappa shape index (κ1) is 12.7. The maximum Gasteiger partial charge on any atom is 0.303 e. The van der Waals surface area contributed by atoms with E-state index in [1.165, 1.54) is 18.4 Å². The van der Waals surface area contributed by atoms with E-state index in [4.69, 9.17) is 5.11 Å². The Hall–Kier alpha value is -1.35. The van der Waals surface area contributed by atoms with Crippen molar-refractivity contribution in [3.63, 3.8) is 0 Å². The molecule has 0 saturated carbocycles. The highest BCUT2D eigenvalue weighted by molar-refractivity contribution is 5.67. The molecule has 2 atom stereocenters. The summed E-state index contributed by atoms with van der Waals surface area (Å²) >= 11 is 0. The van der Waals surface area contributed by atoms with Gasteiger partial charge in [-0.1, -0.05) is 30.3 Å². The van der Waals surface area contributed by atoms with E-state index >= 15 is 0 Å². The van der Waals surface area contributed by atoms with Crippen molar-refractivity contribution in [1.82, 2.24) is 4.90 Å². The average Bonchev–Trinajstić information content (AvgIpc) is 2.43. The predicted molar refractivity (Wildman–Crippen MR) is 74.0 cm³/mol. The lowest BCUT2D eigenvalue weighted by molar-refractivity contribution is -0.141. The maximum atomic E-state index is 11.1. The average molecular weight is 259 g/mol. The quantitative estimate of drug-likeness (QED) is 0.902. The minimum absolute atomic E-state index is 0.332. The molecule has 0 spiro atoms. The zero-order chi connectivity index (χ0) is 13.2. The summed E-state index contributed by atoms with van der Waals surface area (Å²) < 4.78 is 0. The number of hydrogen-bond acceptors (Lipinski definition) is 2. The van der Waals surface area contributed by atoms with E-state index in [1.807, 2.05) is 6.07 Å². The van der Waals surface area contributed by atoms with Gasteiger partial charge in [0.2, 0.25) is 0 Å². The van der Waals surface area contributed by atoms with Crippen LogP contribution in [0.3, 0.4) is 0 Å². The molecule has 2 unspecified atom stereocenters. The van der Waals surface area contributed by atoms with Gasteiger partial charge in [0.05, 0.1) is 0 Å². The van der Waals surface area contributed by atoms with Gasteiger partial charge in [-0.3, -0.25) is 9.69 Å². The van der Waals surface area contributed by atoms with Crippen LogP contribution in [0.25, 0.3) is 0 Å². The fourth-order valence-electron chi connectivity index (χ4n) is 3.90. The van der Waals surface area contributed by atoms with Gasteiger partial charge in [0.1, 0.15) is 0 Å². The van der Waals surface area contributed by atoms with E-state index in [-0.39, 0.29) is 0 Å². The van der Waals surface area contributed by atoms with E-state index in [2.05, 4.69) is 29.2 Å². The Morgan fingerprint density at radius 2 is 1.89 bits per heavy atom. The van der Waals surface area contributed by atoms with E-state index in [0.29, 0.717) is 24.3 Å². The molecule has 1 N–H and O–H groups in total. The molecule has 3 heteroatoms. The summed E-state index contributed by atoms with van der Waals surface area (Å²) in [5, 5.41) is 9.16. The molecule has 0 aromatic heterocycles. The van der Waals surface area contributed by atoms with Crippen LogP contribution in [-0.2, 0) is 11.2 Å². The first-order valence-corrected chi connectivity index (χ1v) is 7.24. The number of carboxylic acids is 1. The summed E-state index contributed by atoms with van der Waals surface area (Å²) in [4.78, 5) is 13.6. The number of carbonyl (C=O) groups is 1. The number of aliphatic carboxylic acids is 1. The number of fused-ring (bicyclic) bond motifs is 3. The third-order valence-electron chi connectivity index (χ3n) is 4.84. The summed E-state index contributed by atoms with van der Waals surface area (Å²) in [5.41, 5.74) is 1.33. The van der Waals surface area contributed by atoms with E-state index in [0.717, 1.165) is 19.5 Å². The van der Waals surface area contributed by atoms with Crippen molar-refractivity contribution in [1.29, 1.82) is 0 Å². The van der Waals surface area contributed by atoms with Gasteiger partial charge >= 0.3 is 5.97 Å². The van der Waals surface area contributed by atoms with Gasteiger partial charge in [-0.15, -0.1) is 0 Å². The number of piperidine rings is 3. The number of hydrogen-bond donors (Lipinski definition) is 1. The third kappa shape index (κ3) is 2.66. The van der Waals surface area contributed by atoms with Crippen LogP contribution in [0.2, 0.25) is 0 Å². The number of carboxylic acid groups (broad SMARTS) is 1. The van der Waals surface area contributed by atoms with Crippen molar-refractivity contribution in [3.05, 3.63) is 35.9 Å². The Labute approximate surface area is 114 Å².